The van der Waals surface area contributed by atoms with Gasteiger partial charge in [-0.2, -0.15) is 4.98 Å². The van der Waals surface area contributed by atoms with E-state index in [1.165, 1.54) is 18.3 Å². The molecule has 17 nitrogen and oxygen atoms in total. The average Bonchev–Trinajstić information content (AvgIpc) is 3.91. The van der Waals surface area contributed by atoms with Crippen molar-refractivity contribution < 1.29 is 23.9 Å². The van der Waals surface area contributed by atoms with Crippen molar-refractivity contribution >= 4 is 68.2 Å². The first-order valence-electron chi connectivity index (χ1n) is 21.6. The van der Waals surface area contributed by atoms with Gasteiger partial charge in [-0.1, -0.05) is 18.9 Å². The zero-order valence-corrected chi connectivity index (χ0v) is 37.5. The van der Waals surface area contributed by atoms with Gasteiger partial charge in [0.15, 0.2) is 10.9 Å². The summed E-state index contributed by atoms with van der Waals surface area (Å²) in [6, 6.07) is 9.47. The number of benzene rings is 1. The Bertz CT molecular complexity index is 2460. The Morgan fingerprint density at radius 1 is 0.857 bits per heavy atom. The first kappa shape index (κ1) is 45.2. The molecule has 0 unspecified atom stereocenters. The standard InChI is InChI=1S/C45H57N11O6S/c1-28-35(42(59)53-45-50-30(3)32(5)63-45)11-8-12-37(28)46-15-21-61-23-24-62-22-16-47-39(58)27-54-17-19-55(20-18-54)34-13-14-38(48-25-34)51-44-49-26-36-29(2)40(31(4)57)43(60)56(41(36)52-44)33-9-6-7-10-33/h8,11-14,25-26,33,46H,6-7,9-10,15-24,27H2,1-5H3,(H,47,58)(H,50,53,59)(H,48,49,51,52). The Hall–Kier alpha value is -5.82. The number of nitrogens with one attached hydrogen (secondary N) is 4. The summed E-state index contributed by atoms with van der Waals surface area (Å²) in [6.45, 7) is 15.0. The number of fused-ring (bicyclic) bond motifs is 1. The number of ketones is 1. The molecule has 1 aromatic carbocycles. The van der Waals surface area contributed by atoms with Gasteiger partial charge in [-0.05, 0) is 82.9 Å². The lowest BCUT2D eigenvalue weighted by atomic mass is 10.0. The molecule has 2 fully saturated rings. The summed E-state index contributed by atoms with van der Waals surface area (Å²) < 4.78 is 13.1. The van der Waals surface area contributed by atoms with E-state index in [9.17, 15) is 19.2 Å². The summed E-state index contributed by atoms with van der Waals surface area (Å²) in [7, 11) is 0. The molecular weight excluding hydrogens is 823 g/mol. The minimum atomic E-state index is -0.283. The number of carbonyl (C=O) groups excluding carboxylic acids is 3. The molecule has 0 spiro atoms. The van der Waals surface area contributed by atoms with E-state index >= 15 is 0 Å². The summed E-state index contributed by atoms with van der Waals surface area (Å²) in [5.41, 5.74) is 5.27. The van der Waals surface area contributed by atoms with Crippen molar-refractivity contribution in [1.82, 2.24) is 34.7 Å². The van der Waals surface area contributed by atoms with Crippen molar-refractivity contribution in [3.63, 3.8) is 0 Å². The smallest absolute Gasteiger partial charge is 0.263 e. The summed E-state index contributed by atoms with van der Waals surface area (Å²) in [4.78, 5) is 75.3. The molecule has 2 aliphatic rings. The number of hydrogen-bond acceptors (Lipinski definition) is 15. The number of piperazine rings is 1. The second-order valence-electron chi connectivity index (χ2n) is 16.0. The van der Waals surface area contributed by atoms with Crippen molar-refractivity contribution in [2.45, 2.75) is 66.3 Å². The van der Waals surface area contributed by atoms with Gasteiger partial charge in [-0.25, -0.2) is 15.0 Å². The van der Waals surface area contributed by atoms with Gasteiger partial charge in [0, 0.05) is 73.0 Å². The Kier molecular flexibility index (Phi) is 15.1. The number of thiazole rings is 1. The highest BCUT2D eigenvalue weighted by molar-refractivity contribution is 7.15. The van der Waals surface area contributed by atoms with E-state index in [-0.39, 0.29) is 34.8 Å². The van der Waals surface area contributed by atoms with Crippen molar-refractivity contribution in [2.24, 2.45) is 0 Å². The molecule has 334 valence electrons. The number of carbonyl (C=O) groups is 3. The Labute approximate surface area is 371 Å². The Balaban J connectivity index is 0.767. The SMILES string of the molecule is CC(=O)c1c(C)c2cnc(Nc3ccc(N4CCN(CC(=O)NCCOCCOCCNc5cccc(C(=O)Nc6nc(C)c(C)s6)c5C)CC4)cn3)nc2n(C2CCCC2)c1=O. The fourth-order valence-electron chi connectivity index (χ4n) is 8.10. The van der Waals surface area contributed by atoms with Crippen LogP contribution in [-0.4, -0.2) is 119 Å². The van der Waals surface area contributed by atoms with Crippen LogP contribution in [0.15, 0.2) is 47.5 Å². The van der Waals surface area contributed by atoms with Crippen molar-refractivity contribution in [3.05, 3.63) is 85.9 Å². The fraction of sp³-hybridized carbons (Fsp3) is 0.467. The molecule has 4 N–H and O–H groups in total. The molecule has 5 heterocycles. The number of hydrogen-bond donors (Lipinski definition) is 4. The average molecular weight is 880 g/mol. The van der Waals surface area contributed by atoms with Crippen LogP contribution in [0, 0.1) is 27.7 Å². The van der Waals surface area contributed by atoms with Crippen LogP contribution in [-0.2, 0) is 14.3 Å². The lowest BCUT2D eigenvalue weighted by molar-refractivity contribution is -0.122. The molecule has 1 saturated carbocycles. The third kappa shape index (κ3) is 11.2. The monoisotopic (exact) mass is 879 g/mol. The topological polar surface area (TPSA) is 198 Å². The number of ether oxygens (including phenoxy) is 2. The van der Waals surface area contributed by atoms with Gasteiger partial charge >= 0.3 is 0 Å². The number of amides is 2. The number of aryl methyl sites for hydroxylation is 3. The predicted octanol–water partition coefficient (Wildman–Crippen LogP) is 5.57. The number of Topliss-reactive ketones (excluding diaryl/α,β-unsaturated/α-hetero) is 1. The van der Waals surface area contributed by atoms with Crippen molar-refractivity contribution in [1.29, 1.82) is 0 Å². The number of rotatable bonds is 19. The van der Waals surface area contributed by atoms with Crippen LogP contribution in [0.5, 0.6) is 0 Å². The van der Waals surface area contributed by atoms with Gasteiger partial charge in [0.05, 0.1) is 56.1 Å². The first-order chi connectivity index (χ1) is 30.5. The van der Waals surface area contributed by atoms with E-state index in [1.54, 1.807) is 23.8 Å². The lowest BCUT2D eigenvalue weighted by Crippen LogP contribution is -2.49. The second kappa shape index (κ2) is 21.0. The molecular formula is C45H57N11O6S. The van der Waals surface area contributed by atoms with E-state index in [0.717, 1.165) is 79.4 Å². The van der Waals surface area contributed by atoms with E-state index in [1.807, 2.05) is 51.2 Å². The number of anilines is 5. The number of nitrogens with zero attached hydrogens (tertiary/aromatic N) is 7. The fourth-order valence-corrected chi connectivity index (χ4v) is 8.91. The van der Waals surface area contributed by atoms with E-state index in [0.29, 0.717) is 85.1 Å². The molecule has 7 rings (SSSR count). The second-order valence-corrected chi connectivity index (χ2v) is 17.2. The van der Waals surface area contributed by atoms with Gasteiger partial charge < -0.3 is 30.3 Å². The first-order valence-corrected chi connectivity index (χ1v) is 22.4. The zero-order valence-electron chi connectivity index (χ0n) is 36.7. The van der Waals surface area contributed by atoms with Crippen LogP contribution in [0.25, 0.3) is 11.0 Å². The van der Waals surface area contributed by atoms with Crippen LogP contribution in [0.3, 0.4) is 0 Å². The summed E-state index contributed by atoms with van der Waals surface area (Å²) in [5, 5.41) is 13.7. The van der Waals surface area contributed by atoms with Gasteiger partial charge in [0.1, 0.15) is 11.5 Å². The van der Waals surface area contributed by atoms with Crippen molar-refractivity contribution in [2.75, 3.05) is 93.1 Å². The molecule has 0 atom stereocenters. The number of aromatic nitrogens is 5. The Morgan fingerprint density at radius 3 is 2.29 bits per heavy atom. The molecule has 18 heteroatoms. The lowest BCUT2D eigenvalue weighted by Gasteiger charge is -2.35. The molecule has 1 aliphatic carbocycles. The zero-order chi connectivity index (χ0) is 44.5. The quantitative estimate of drug-likeness (QED) is 0.0593. The van der Waals surface area contributed by atoms with Crippen LogP contribution in [0.1, 0.15) is 81.1 Å². The minimum Gasteiger partial charge on any atom is -0.382 e. The third-order valence-electron chi connectivity index (χ3n) is 11.7. The van der Waals surface area contributed by atoms with E-state index in [4.69, 9.17) is 14.5 Å². The highest BCUT2D eigenvalue weighted by atomic mass is 32.1. The summed E-state index contributed by atoms with van der Waals surface area (Å²) in [6.07, 6.45) is 7.30. The molecule has 1 saturated heterocycles. The summed E-state index contributed by atoms with van der Waals surface area (Å²) >= 11 is 1.46. The highest BCUT2D eigenvalue weighted by Gasteiger charge is 2.26. The molecule has 0 bridgehead atoms. The highest BCUT2D eigenvalue weighted by Crippen LogP contribution is 2.32. The Morgan fingerprint density at radius 2 is 1.60 bits per heavy atom. The van der Waals surface area contributed by atoms with Gasteiger partial charge in [-0.15, -0.1) is 11.3 Å². The van der Waals surface area contributed by atoms with E-state index in [2.05, 4.69) is 46.0 Å². The van der Waals surface area contributed by atoms with Gasteiger partial charge in [0.2, 0.25) is 11.9 Å². The normalized spacial score (nSPS) is 14.6. The maximum absolute atomic E-state index is 13.6. The molecule has 4 aromatic heterocycles. The number of pyridine rings is 2. The van der Waals surface area contributed by atoms with E-state index < -0.39 is 0 Å². The molecule has 5 aromatic rings. The van der Waals surface area contributed by atoms with Crippen LogP contribution >= 0.6 is 11.3 Å². The van der Waals surface area contributed by atoms with Gasteiger partial charge in [-0.3, -0.25) is 34.0 Å². The van der Waals surface area contributed by atoms with Crippen LogP contribution < -0.4 is 31.7 Å². The maximum Gasteiger partial charge on any atom is 0.263 e. The maximum atomic E-state index is 13.6. The molecule has 63 heavy (non-hydrogen) atoms. The van der Waals surface area contributed by atoms with Gasteiger partial charge in [0.25, 0.3) is 11.5 Å². The van der Waals surface area contributed by atoms with Crippen molar-refractivity contribution in [3.8, 4) is 0 Å². The largest absolute Gasteiger partial charge is 0.382 e. The molecule has 1 aliphatic heterocycles. The third-order valence-corrected chi connectivity index (χ3v) is 12.7. The minimum absolute atomic E-state index is 0.00106. The molecule has 2 amide bonds. The summed E-state index contributed by atoms with van der Waals surface area (Å²) in [5.74, 6) is 0.420. The van der Waals surface area contributed by atoms with Crippen LogP contribution in [0.2, 0.25) is 0 Å². The molecule has 0 radical (unpaired) electrons. The van der Waals surface area contributed by atoms with Crippen LogP contribution in [0.4, 0.5) is 28.3 Å². The predicted molar refractivity (Wildman–Crippen MR) is 246 cm³/mol.